The number of epoxide rings is 1. The summed E-state index contributed by atoms with van der Waals surface area (Å²) in [6.07, 6.45) is 16.5. The van der Waals surface area contributed by atoms with Gasteiger partial charge in [-0.1, -0.05) is 71.1 Å². The summed E-state index contributed by atoms with van der Waals surface area (Å²) >= 11 is 0. The summed E-state index contributed by atoms with van der Waals surface area (Å²) in [4.78, 5) is 17.3. The van der Waals surface area contributed by atoms with E-state index in [2.05, 4.69) is 11.4 Å². The van der Waals surface area contributed by atoms with Gasteiger partial charge in [0.15, 0.2) is 0 Å². The number of hydrogen-bond acceptors (Lipinski definition) is 4. The first-order valence-corrected chi connectivity index (χ1v) is 11.6. The SMILES string of the molecule is CCCCCCCCC1OC1CCCCCCCC(N)OP(=O)(O)O.[KH]. The average Bonchev–Trinajstić information content (AvgIpc) is 3.26. The third-order valence-corrected chi connectivity index (χ3v) is 5.33. The van der Waals surface area contributed by atoms with Crippen molar-refractivity contribution in [3.05, 3.63) is 0 Å². The number of phosphoric ester groups is 1. The molecule has 26 heavy (non-hydrogen) atoms. The second-order valence-corrected chi connectivity index (χ2v) is 8.44. The zero-order chi connectivity index (χ0) is 18.5. The molecule has 152 valence electrons. The van der Waals surface area contributed by atoms with Gasteiger partial charge < -0.3 is 20.3 Å². The first kappa shape index (κ1) is 27.7. The minimum absolute atomic E-state index is 0. The second-order valence-electron chi connectivity index (χ2n) is 7.25. The van der Waals surface area contributed by atoms with Gasteiger partial charge in [-0.25, -0.2) is 4.57 Å². The molecule has 0 aromatic carbocycles. The number of nitrogens with two attached hydrogens (primary N) is 1. The summed E-state index contributed by atoms with van der Waals surface area (Å²) < 4.78 is 20.8. The number of ether oxygens (including phenoxy) is 1. The summed E-state index contributed by atoms with van der Waals surface area (Å²) in [6, 6.07) is 0. The molecule has 0 bridgehead atoms. The number of rotatable bonds is 17. The molecule has 3 unspecified atom stereocenters. The fourth-order valence-electron chi connectivity index (χ4n) is 3.26. The van der Waals surface area contributed by atoms with Gasteiger partial charge >= 0.3 is 59.2 Å². The molecule has 6 nitrogen and oxygen atoms in total. The van der Waals surface area contributed by atoms with Crippen LogP contribution in [0.1, 0.15) is 96.8 Å². The standard InChI is InChI=1S/C18H38NO5P.K.H/c1-2-3-4-5-7-10-13-16-17(23-16)14-11-8-6-9-12-15-18(19)24-25(20,21)22;;/h16-18H,2-15,19H2,1H3,(H2,20,21,22);;. The molecule has 1 fully saturated rings. The zero-order valence-electron chi connectivity index (χ0n) is 15.8. The molecule has 0 amide bonds. The molecule has 0 saturated carbocycles. The molecule has 1 saturated heterocycles. The third kappa shape index (κ3) is 16.6. The van der Waals surface area contributed by atoms with E-state index in [-0.39, 0.29) is 51.4 Å². The van der Waals surface area contributed by atoms with Gasteiger partial charge in [0.2, 0.25) is 0 Å². The summed E-state index contributed by atoms with van der Waals surface area (Å²) in [5.41, 5.74) is 5.51. The van der Waals surface area contributed by atoms with E-state index in [1.54, 1.807) is 0 Å². The molecular formula is C18H39KNO5P. The average molecular weight is 420 g/mol. The summed E-state index contributed by atoms with van der Waals surface area (Å²) in [5.74, 6) is 0. The number of unbranched alkanes of at least 4 members (excludes halogenated alkanes) is 9. The van der Waals surface area contributed by atoms with Crippen LogP contribution in [0.25, 0.3) is 0 Å². The molecule has 8 heteroatoms. The summed E-state index contributed by atoms with van der Waals surface area (Å²) in [7, 11) is -4.45. The van der Waals surface area contributed by atoms with E-state index in [9.17, 15) is 4.57 Å². The van der Waals surface area contributed by atoms with Gasteiger partial charge in [0.25, 0.3) is 0 Å². The van der Waals surface area contributed by atoms with Gasteiger partial charge in [-0.3, -0.25) is 4.52 Å². The Morgan fingerprint density at radius 3 is 1.88 bits per heavy atom. The van der Waals surface area contributed by atoms with Gasteiger partial charge in [0, 0.05) is 0 Å². The molecule has 4 N–H and O–H groups in total. The normalized spacial score (nSPS) is 20.6. The van der Waals surface area contributed by atoms with Crippen molar-refractivity contribution in [3.63, 3.8) is 0 Å². The Hall–Kier alpha value is 1.67. The van der Waals surface area contributed by atoms with Gasteiger partial charge in [0.05, 0.1) is 12.2 Å². The fourth-order valence-corrected chi connectivity index (χ4v) is 3.72. The van der Waals surface area contributed by atoms with Crippen LogP contribution in [-0.4, -0.2) is 79.6 Å². The second kappa shape index (κ2) is 16.5. The molecule has 1 rings (SSSR count). The Morgan fingerprint density at radius 2 is 1.38 bits per heavy atom. The van der Waals surface area contributed by atoms with Crippen LogP contribution in [0.5, 0.6) is 0 Å². The minimum atomic E-state index is -4.45. The number of hydrogen-bond donors (Lipinski definition) is 3. The van der Waals surface area contributed by atoms with Gasteiger partial charge in [-0.15, -0.1) is 0 Å². The summed E-state index contributed by atoms with van der Waals surface area (Å²) in [6.45, 7) is 2.25. The van der Waals surface area contributed by atoms with Gasteiger partial charge in [0.1, 0.15) is 6.23 Å². The van der Waals surface area contributed by atoms with Crippen LogP contribution in [0, 0.1) is 0 Å². The molecule has 1 heterocycles. The Balaban J connectivity index is 0.00000625. The molecule has 1 aliphatic heterocycles. The topological polar surface area (TPSA) is 105 Å². The van der Waals surface area contributed by atoms with E-state index in [4.69, 9.17) is 20.3 Å². The van der Waals surface area contributed by atoms with Crippen molar-refractivity contribution in [3.8, 4) is 0 Å². The molecule has 3 atom stereocenters. The van der Waals surface area contributed by atoms with Crippen LogP contribution in [-0.2, 0) is 13.8 Å². The first-order valence-electron chi connectivity index (χ1n) is 10.1. The van der Waals surface area contributed by atoms with Crippen LogP contribution in [0.15, 0.2) is 0 Å². The Morgan fingerprint density at radius 1 is 0.923 bits per heavy atom. The molecule has 0 aromatic rings. The Bertz CT molecular complexity index is 383. The maximum atomic E-state index is 10.6. The van der Waals surface area contributed by atoms with Gasteiger partial charge in [-0.05, 0) is 25.7 Å². The molecule has 1 aliphatic rings. The van der Waals surface area contributed by atoms with Crippen LogP contribution < -0.4 is 5.73 Å². The van der Waals surface area contributed by atoms with E-state index in [0.29, 0.717) is 18.6 Å². The van der Waals surface area contributed by atoms with Crippen molar-refractivity contribution < 1.29 is 23.6 Å². The van der Waals surface area contributed by atoms with E-state index < -0.39 is 14.1 Å². The molecule has 0 aliphatic carbocycles. The van der Waals surface area contributed by atoms with Crippen molar-refractivity contribution in [1.29, 1.82) is 0 Å². The Kier molecular flexibility index (Phi) is 17.5. The van der Waals surface area contributed by atoms with E-state index in [1.165, 1.54) is 64.2 Å². The van der Waals surface area contributed by atoms with E-state index in [1.807, 2.05) is 0 Å². The van der Waals surface area contributed by atoms with Gasteiger partial charge in [-0.2, -0.15) is 0 Å². The third-order valence-electron chi connectivity index (χ3n) is 4.78. The van der Waals surface area contributed by atoms with Crippen molar-refractivity contribution in [2.45, 2.75) is 115 Å². The maximum absolute atomic E-state index is 10.6. The molecule has 0 spiro atoms. The quantitative estimate of drug-likeness (QED) is 0.108. The van der Waals surface area contributed by atoms with Crippen molar-refractivity contribution in [1.82, 2.24) is 0 Å². The van der Waals surface area contributed by atoms with Crippen molar-refractivity contribution in [2.24, 2.45) is 5.73 Å². The fraction of sp³-hybridized carbons (Fsp3) is 1.00. The predicted molar refractivity (Wildman–Crippen MR) is 107 cm³/mol. The van der Waals surface area contributed by atoms with Crippen LogP contribution in [0.3, 0.4) is 0 Å². The van der Waals surface area contributed by atoms with Crippen molar-refractivity contribution in [2.75, 3.05) is 0 Å². The van der Waals surface area contributed by atoms with Crippen LogP contribution in [0.2, 0.25) is 0 Å². The Labute approximate surface area is 202 Å². The van der Waals surface area contributed by atoms with E-state index in [0.717, 1.165) is 19.3 Å². The molecule has 0 radical (unpaired) electrons. The number of phosphoric acid groups is 1. The molecule has 0 aromatic heterocycles. The summed E-state index contributed by atoms with van der Waals surface area (Å²) in [5, 5.41) is 0. The monoisotopic (exact) mass is 419 g/mol. The predicted octanol–water partition coefficient (Wildman–Crippen LogP) is 3.98. The van der Waals surface area contributed by atoms with Crippen LogP contribution >= 0.6 is 7.82 Å². The zero-order valence-corrected chi connectivity index (χ0v) is 16.7. The molecular weight excluding hydrogens is 380 g/mol. The van der Waals surface area contributed by atoms with Crippen molar-refractivity contribution >= 4 is 59.2 Å². The van der Waals surface area contributed by atoms with Crippen LogP contribution in [0.4, 0.5) is 0 Å². The van der Waals surface area contributed by atoms with E-state index >= 15 is 0 Å². The first-order chi connectivity index (χ1) is 11.9.